The topological polar surface area (TPSA) is 42.5 Å². The van der Waals surface area contributed by atoms with Crippen molar-refractivity contribution in [2.75, 3.05) is 26.7 Å². The van der Waals surface area contributed by atoms with E-state index < -0.39 is 0 Å². The second-order valence-corrected chi connectivity index (χ2v) is 7.13. The van der Waals surface area contributed by atoms with Gasteiger partial charge in [-0.05, 0) is 50.0 Å². The van der Waals surface area contributed by atoms with Gasteiger partial charge in [-0.25, -0.2) is 0 Å². The zero-order valence-electron chi connectivity index (χ0n) is 15.3. The lowest BCUT2D eigenvalue weighted by atomic mass is 9.98. The van der Waals surface area contributed by atoms with Crippen molar-refractivity contribution in [3.05, 3.63) is 58.6 Å². The second kappa shape index (κ2) is 9.81. The normalized spacial score (nSPS) is 15.0. The van der Waals surface area contributed by atoms with Crippen molar-refractivity contribution in [3.63, 3.8) is 0 Å². The van der Waals surface area contributed by atoms with E-state index in [2.05, 4.69) is 22.8 Å². The summed E-state index contributed by atoms with van der Waals surface area (Å²) in [6.45, 7) is 4.45. The molecule has 0 amide bonds. The number of hydrogen-bond donors (Lipinski definition) is 2. The SMILES string of the molecule is COc1cc(Cl)cc(CNCC2CCNCC2)c1OCc1ccccc1. The van der Waals surface area contributed by atoms with Gasteiger partial charge < -0.3 is 20.1 Å². The van der Waals surface area contributed by atoms with E-state index in [-0.39, 0.29) is 0 Å². The van der Waals surface area contributed by atoms with Gasteiger partial charge in [0.15, 0.2) is 11.5 Å². The predicted octanol–water partition coefficient (Wildman–Crippen LogP) is 4.02. The van der Waals surface area contributed by atoms with Crippen molar-refractivity contribution in [1.29, 1.82) is 0 Å². The Hall–Kier alpha value is -1.75. The van der Waals surface area contributed by atoms with Crippen molar-refractivity contribution in [1.82, 2.24) is 10.6 Å². The molecule has 2 N–H and O–H groups in total. The van der Waals surface area contributed by atoms with Gasteiger partial charge in [-0.2, -0.15) is 0 Å². The van der Waals surface area contributed by atoms with E-state index in [1.165, 1.54) is 12.8 Å². The van der Waals surface area contributed by atoms with Gasteiger partial charge in [0.05, 0.1) is 7.11 Å². The van der Waals surface area contributed by atoms with Crippen molar-refractivity contribution >= 4 is 11.6 Å². The highest BCUT2D eigenvalue weighted by Crippen LogP contribution is 2.35. The van der Waals surface area contributed by atoms with Gasteiger partial charge in [0, 0.05) is 23.2 Å². The summed E-state index contributed by atoms with van der Waals surface area (Å²) in [5.74, 6) is 2.16. The highest BCUT2D eigenvalue weighted by Gasteiger charge is 2.15. The van der Waals surface area contributed by atoms with Crippen LogP contribution in [0.2, 0.25) is 5.02 Å². The van der Waals surface area contributed by atoms with Crippen molar-refractivity contribution in [2.45, 2.75) is 26.0 Å². The van der Waals surface area contributed by atoms with E-state index in [1.807, 2.05) is 24.3 Å². The van der Waals surface area contributed by atoms with Gasteiger partial charge >= 0.3 is 0 Å². The Balaban J connectivity index is 1.67. The Labute approximate surface area is 160 Å². The van der Waals surface area contributed by atoms with Crippen LogP contribution in [0.15, 0.2) is 42.5 Å². The standard InChI is InChI=1S/C21H27ClN2O2/c1-25-20-12-19(22)11-18(14-24-13-16-7-9-23-10-8-16)21(20)26-15-17-5-3-2-4-6-17/h2-6,11-12,16,23-24H,7-10,13-15H2,1H3. The van der Waals surface area contributed by atoms with E-state index in [0.717, 1.165) is 42.4 Å². The first kappa shape index (κ1) is 19.0. The average Bonchev–Trinajstić information content (AvgIpc) is 2.68. The van der Waals surface area contributed by atoms with Gasteiger partial charge in [-0.3, -0.25) is 0 Å². The summed E-state index contributed by atoms with van der Waals surface area (Å²) in [4.78, 5) is 0. The lowest BCUT2D eigenvalue weighted by Crippen LogP contribution is -2.33. The van der Waals surface area contributed by atoms with Crippen molar-refractivity contribution in [2.24, 2.45) is 5.92 Å². The third-order valence-electron chi connectivity index (χ3n) is 4.75. The van der Waals surface area contributed by atoms with Crippen LogP contribution in [0, 0.1) is 5.92 Å². The first-order valence-corrected chi connectivity index (χ1v) is 9.58. The van der Waals surface area contributed by atoms with Gasteiger partial charge in [0.2, 0.25) is 0 Å². The molecule has 0 aromatic heterocycles. The molecule has 1 aliphatic heterocycles. The number of nitrogens with one attached hydrogen (secondary N) is 2. The van der Waals surface area contributed by atoms with Crippen LogP contribution in [-0.2, 0) is 13.2 Å². The van der Waals surface area contributed by atoms with E-state index in [9.17, 15) is 0 Å². The number of methoxy groups -OCH3 is 1. The second-order valence-electron chi connectivity index (χ2n) is 6.69. The molecule has 5 heteroatoms. The van der Waals surface area contributed by atoms with Crippen LogP contribution in [0.25, 0.3) is 0 Å². The molecular weight excluding hydrogens is 348 g/mol. The lowest BCUT2D eigenvalue weighted by Gasteiger charge is -2.23. The van der Waals surface area contributed by atoms with Crippen LogP contribution in [0.5, 0.6) is 11.5 Å². The summed E-state index contributed by atoms with van der Waals surface area (Å²) in [5, 5.41) is 7.63. The highest BCUT2D eigenvalue weighted by molar-refractivity contribution is 6.30. The molecule has 2 aromatic rings. The Morgan fingerprint density at radius 2 is 1.92 bits per heavy atom. The maximum Gasteiger partial charge on any atom is 0.166 e. The first-order valence-electron chi connectivity index (χ1n) is 9.21. The third kappa shape index (κ3) is 5.37. The molecule has 0 spiro atoms. The van der Waals surface area contributed by atoms with E-state index in [0.29, 0.717) is 23.9 Å². The minimum Gasteiger partial charge on any atom is -0.493 e. The Kier molecular flexibility index (Phi) is 7.18. The van der Waals surface area contributed by atoms with E-state index >= 15 is 0 Å². The molecule has 0 unspecified atom stereocenters. The number of benzene rings is 2. The monoisotopic (exact) mass is 374 g/mol. The molecule has 0 bridgehead atoms. The molecule has 4 nitrogen and oxygen atoms in total. The summed E-state index contributed by atoms with van der Waals surface area (Å²) in [7, 11) is 1.65. The molecule has 1 saturated heterocycles. The molecule has 0 atom stereocenters. The van der Waals surface area contributed by atoms with Crippen LogP contribution in [-0.4, -0.2) is 26.7 Å². The van der Waals surface area contributed by atoms with Crippen LogP contribution in [0.3, 0.4) is 0 Å². The molecule has 0 radical (unpaired) electrons. The molecule has 1 aliphatic rings. The fraction of sp³-hybridized carbons (Fsp3) is 0.429. The lowest BCUT2D eigenvalue weighted by molar-refractivity contribution is 0.280. The van der Waals surface area contributed by atoms with Gasteiger partial charge in [-0.15, -0.1) is 0 Å². The summed E-state index contributed by atoms with van der Waals surface area (Å²) in [5.41, 5.74) is 2.15. The number of halogens is 1. The minimum absolute atomic E-state index is 0.500. The number of rotatable bonds is 8. The minimum atomic E-state index is 0.500. The van der Waals surface area contributed by atoms with Crippen LogP contribution in [0.1, 0.15) is 24.0 Å². The first-order chi connectivity index (χ1) is 12.8. The fourth-order valence-corrected chi connectivity index (χ4v) is 3.53. The molecule has 26 heavy (non-hydrogen) atoms. The smallest absolute Gasteiger partial charge is 0.166 e. The maximum atomic E-state index is 6.27. The molecule has 0 aliphatic carbocycles. The largest absolute Gasteiger partial charge is 0.493 e. The van der Waals surface area contributed by atoms with Crippen molar-refractivity contribution in [3.8, 4) is 11.5 Å². The molecule has 0 saturated carbocycles. The maximum absolute atomic E-state index is 6.27. The zero-order chi connectivity index (χ0) is 18.2. The van der Waals surface area contributed by atoms with Gasteiger partial charge in [-0.1, -0.05) is 41.9 Å². The Morgan fingerprint density at radius 1 is 1.15 bits per heavy atom. The molecule has 1 fully saturated rings. The van der Waals surface area contributed by atoms with E-state index in [4.69, 9.17) is 21.1 Å². The quantitative estimate of drug-likeness (QED) is 0.732. The molecule has 3 rings (SSSR count). The molecule has 140 valence electrons. The Morgan fingerprint density at radius 3 is 2.65 bits per heavy atom. The van der Waals surface area contributed by atoms with Gasteiger partial charge in [0.25, 0.3) is 0 Å². The van der Waals surface area contributed by atoms with Crippen LogP contribution in [0.4, 0.5) is 0 Å². The summed E-state index contributed by atoms with van der Waals surface area (Å²) in [6.07, 6.45) is 2.45. The predicted molar refractivity (Wildman–Crippen MR) is 106 cm³/mol. The number of piperidine rings is 1. The molecule has 2 aromatic carbocycles. The van der Waals surface area contributed by atoms with E-state index in [1.54, 1.807) is 13.2 Å². The molecular formula is C21H27ClN2O2. The van der Waals surface area contributed by atoms with Crippen LogP contribution < -0.4 is 20.1 Å². The third-order valence-corrected chi connectivity index (χ3v) is 4.97. The summed E-state index contributed by atoms with van der Waals surface area (Å²) < 4.78 is 11.6. The van der Waals surface area contributed by atoms with Gasteiger partial charge in [0.1, 0.15) is 6.61 Å². The summed E-state index contributed by atoms with van der Waals surface area (Å²) in [6, 6.07) is 13.9. The number of ether oxygens (including phenoxy) is 2. The summed E-state index contributed by atoms with van der Waals surface area (Å²) >= 11 is 6.27. The highest BCUT2D eigenvalue weighted by atomic mass is 35.5. The zero-order valence-corrected chi connectivity index (χ0v) is 16.0. The fourth-order valence-electron chi connectivity index (χ4n) is 3.30. The number of hydrogen-bond acceptors (Lipinski definition) is 4. The van der Waals surface area contributed by atoms with Crippen molar-refractivity contribution < 1.29 is 9.47 Å². The average molecular weight is 375 g/mol. The van der Waals surface area contributed by atoms with Crippen LogP contribution >= 0.6 is 11.6 Å². The molecule has 1 heterocycles. The Bertz CT molecular complexity index is 688.